The van der Waals surface area contributed by atoms with Crippen molar-refractivity contribution in [3.63, 3.8) is 0 Å². The van der Waals surface area contributed by atoms with Gasteiger partial charge in [-0.3, -0.25) is 0 Å². The van der Waals surface area contributed by atoms with E-state index in [4.69, 9.17) is 5.26 Å². The van der Waals surface area contributed by atoms with E-state index in [1.807, 2.05) is 0 Å². The number of ether oxygens (including phenoxy) is 1. The number of thiol groups is 1. The molecule has 1 rings (SSSR count). The van der Waals surface area contributed by atoms with E-state index in [0.717, 1.165) is 13.2 Å². The predicted octanol–water partition coefficient (Wildman–Crippen LogP) is 2.57. The van der Waals surface area contributed by atoms with Crippen molar-refractivity contribution >= 4 is 18.6 Å². The number of nitrogens with zero attached hydrogens (tertiary/aromatic N) is 1. The molecule has 0 spiro atoms. The van der Waals surface area contributed by atoms with Crippen molar-refractivity contribution in [3.8, 4) is 6.07 Å². The first-order valence-corrected chi connectivity index (χ1v) is 4.59. The van der Waals surface area contributed by atoms with E-state index in [-0.39, 0.29) is 16.0 Å². The summed E-state index contributed by atoms with van der Waals surface area (Å²) < 4.78 is 29.7. The van der Waals surface area contributed by atoms with E-state index in [1.165, 1.54) is 6.07 Å². The second kappa shape index (κ2) is 4.94. The minimum absolute atomic E-state index is 0.00111. The van der Waals surface area contributed by atoms with Gasteiger partial charge in [-0.05, 0) is 12.1 Å². The van der Waals surface area contributed by atoms with Gasteiger partial charge in [0.05, 0.1) is 24.3 Å². The van der Waals surface area contributed by atoms with Gasteiger partial charge in [-0.2, -0.15) is 5.26 Å². The SMILES string of the molecule is COC(=O)c1c(S)cc(C#N)cc1C(F)F. The standard InChI is InChI=1S/C10H7F2NO2S/c1-15-10(14)8-6(9(11)12)2-5(4-13)3-7(8)16/h2-3,9,16H,1H3. The Labute approximate surface area is 96.0 Å². The van der Waals surface area contributed by atoms with Gasteiger partial charge >= 0.3 is 5.97 Å². The molecule has 0 saturated heterocycles. The summed E-state index contributed by atoms with van der Waals surface area (Å²) in [7, 11) is 1.09. The molecule has 0 N–H and O–H groups in total. The molecule has 6 heteroatoms. The first-order valence-electron chi connectivity index (χ1n) is 4.14. The van der Waals surface area contributed by atoms with Gasteiger partial charge in [0.25, 0.3) is 6.43 Å². The molecule has 0 fully saturated rings. The highest BCUT2D eigenvalue weighted by atomic mass is 32.1. The molecule has 0 aliphatic rings. The zero-order valence-electron chi connectivity index (χ0n) is 8.20. The molecule has 1 aromatic carbocycles. The normalized spacial score (nSPS) is 10.0. The topological polar surface area (TPSA) is 50.1 Å². The third-order valence-corrected chi connectivity index (χ3v) is 2.25. The molecule has 16 heavy (non-hydrogen) atoms. The Morgan fingerprint density at radius 2 is 2.19 bits per heavy atom. The summed E-state index contributed by atoms with van der Waals surface area (Å²) in [6.07, 6.45) is -2.87. The van der Waals surface area contributed by atoms with Crippen molar-refractivity contribution in [2.45, 2.75) is 11.3 Å². The van der Waals surface area contributed by atoms with Crippen LogP contribution >= 0.6 is 12.6 Å². The molecule has 0 atom stereocenters. The van der Waals surface area contributed by atoms with Crippen molar-refractivity contribution in [1.29, 1.82) is 5.26 Å². The highest BCUT2D eigenvalue weighted by Gasteiger charge is 2.22. The van der Waals surface area contributed by atoms with Crippen LogP contribution in [-0.2, 0) is 4.74 Å². The Balaban J connectivity index is 3.47. The summed E-state index contributed by atoms with van der Waals surface area (Å²) in [6, 6.07) is 3.91. The van der Waals surface area contributed by atoms with Crippen LogP contribution in [0.2, 0.25) is 0 Å². The smallest absolute Gasteiger partial charge is 0.339 e. The van der Waals surface area contributed by atoms with Gasteiger partial charge in [0, 0.05) is 10.5 Å². The van der Waals surface area contributed by atoms with Crippen LogP contribution < -0.4 is 0 Å². The van der Waals surface area contributed by atoms with Crippen molar-refractivity contribution in [2.24, 2.45) is 0 Å². The van der Waals surface area contributed by atoms with Gasteiger partial charge < -0.3 is 4.74 Å². The molecule has 0 bridgehead atoms. The van der Waals surface area contributed by atoms with Crippen LogP contribution in [0.3, 0.4) is 0 Å². The van der Waals surface area contributed by atoms with E-state index in [2.05, 4.69) is 17.4 Å². The zero-order chi connectivity index (χ0) is 12.3. The van der Waals surface area contributed by atoms with Crippen LogP contribution in [0.25, 0.3) is 0 Å². The maximum absolute atomic E-state index is 12.7. The zero-order valence-corrected chi connectivity index (χ0v) is 9.09. The minimum Gasteiger partial charge on any atom is -0.465 e. The molecule has 0 aromatic heterocycles. The minimum atomic E-state index is -2.87. The van der Waals surface area contributed by atoms with E-state index < -0.39 is 18.0 Å². The van der Waals surface area contributed by atoms with Gasteiger partial charge in [-0.1, -0.05) is 0 Å². The van der Waals surface area contributed by atoms with E-state index >= 15 is 0 Å². The number of hydrogen-bond acceptors (Lipinski definition) is 4. The molecule has 1 aromatic rings. The number of esters is 1. The number of hydrogen-bond donors (Lipinski definition) is 1. The molecule has 84 valence electrons. The number of methoxy groups -OCH3 is 1. The molecular formula is C10H7F2NO2S. The average molecular weight is 243 g/mol. The summed E-state index contributed by atoms with van der Waals surface area (Å²) >= 11 is 3.89. The number of alkyl halides is 2. The number of benzene rings is 1. The number of halogens is 2. The molecule has 0 saturated carbocycles. The van der Waals surface area contributed by atoms with Crippen LogP contribution in [0.5, 0.6) is 0 Å². The van der Waals surface area contributed by atoms with Crippen LogP contribution in [0.1, 0.15) is 27.9 Å². The van der Waals surface area contributed by atoms with Gasteiger partial charge in [0.15, 0.2) is 0 Å². The lowest BCUT2D eigenvalue weighted by atomic mass is 10.0. The molecule has 0 radical (unpaired) electrons. The van der Waals surface area contributed by atoms with Gasteiger partial charge in [-0.25, -0.2) is 13.6 Å². The lowest BCUT2D eigenvalue weighted by Crippen LogP contribution is -2.08. The molecule has 0 aliphatic heterocycles. The fourth-order valence-corrected chi connectivity index (χ4v) is 1.57. The fourth-order valence-electron chi connectivity index (χ4n) is 1.21. The highest BCUT2D eigenvalue weighted by molar-refractivity contribution is 7.80. The quantitative estimate of drug-likeness (QED) is 0.641. The van der Waals surface area contributed by atoms with E-state index in [1.54, 1.807) is 6.07 Å². The summed E-state index contributed by atoms with van der Waals surface area (Å²) in [5, 5.41) is 8.61. The van der Waals surface area contributed by atoms with Crippen LogP contribution in [0.4, 0.5) is 8.78 Å². The Bertz CT molecular complexity index is 469. The Hall–Kier alpha value is -1.61. The van der Waals surface area contributed by atoms with Crippen molar-refractivity contribution in [2.75, 3.05) is 7.11 Å². The summed E-state index contributed by atoms with van der Waals surface area (Å²) in [6.45, 7) is 0. The van der Waals surface area contributed by atoms with Crippen LogP contribution in [0.15, 0.2) is 17.0 Å². The molecule has 0 aliphatic carbocycles. The maximum atomic E-state index is 12.7. The molecule has 0 unspecified atom stereocenters. The van der Waals surface area contributed by atoms with Crippen LogP contribution in [-0.4, -0.2) is 13.1 Å². The number of rotatable bonds is 2. The maximum Gasteiger partial charge on any atom is 0.339 e. The van der Waals surface area contributed by atoms with E-state index in [9.17, 15) is 13.6 Å². The van der Waals surface area contributed by atoms with Crippen molar-refractivity contribution in [1.82, 2.24) is 0 Å². The third kappa shape index (κ3) is 2.31. The Morgan fingerprint density at radius 1 is 1.56 bits per heavy atom. The highest BCUT2D eigenvalue weighted by Crippen LogP contribution is 2.29. The van der Waals surface area contributed by atoms with Crippen molar-refractivity contribution in [3.05, 3.63) is 28.8 Å². The number of carbonyl (C=O) groups is 1. The second-order valence-corrected chi connectivity index (χ2v) is 3.35. The Morgan fingerprint density at radius 3 is 2.62 bits per heavy atom. The first-order chi connectivity index (χ1) is 7.51. The van der Waals surface area contributed by atoms with Crippen LogP contribution in [0, 0.1) is 11.3 Å². The predicted molar refractivity (Wildman–Crippen MR) is 54.7 cm³/mol. The lowest BCUT2D eigenvalue weighted by Gasteiger charge is -2.09. The van der Waals surface area contributed by atoms with Gasteiger partial charge in [0.1, 0.15) is 0 Å². The summed E-state index contributed by atoms with van der Waals surface area (Å²) in [5.41, 5.74) is -0.830. The average Bonchev–Trinajstić information content (AvgIpc) is 2.26. The van der Waals surface area contributed by atoms with Gasteiger partial charge in [-0.15, -0.1) is 12.6 Å². The summed E-state index contributed by atoms with van der Waals surface area (Å²) in [4.78, 5) is 11.3. The monoisotopic (exact) mass is 243 g/mol. The fraction of sp³-hybridized carbons (Fsp3) is 0.200. The van der Waals surface area contributed by atoms with Crippen molar-refractivity contribution < 1.29 is 18.3 Å². The Kier molecular flexibility index (Phi) is 3.85. The third-order valence-electron chi connectivity index (χ3n) is 1.90. The molecule has 3 nitrogen and oxygen atoms in total. The first kappa shape index (κ1) is 12.5. The number of nitriles is 1. The second-order valence-electron chi connectivity index (χ2n) is 2.86. The summed E-state index contributed by atoms with van der Waals surface area (Å²) in [5.74, 6) is -0.898. The molecule has 0 heterocycles. The molecule has 0 amide bonds. The lowest BCUT2D eigenvalue weighted by molar-refractivity contribution is 0.0585. The van der Waals surface area contributed by atoms with Gasteiger partial charge in [0.2, 0.25) is 0 Å². The molecular weight excluding hydrogens is 236 g/mol. The number of carbonyl (C=O) groups excluding carboxylic acids is 1. The largest absolute Gasteiger partial charge is 0.465 e. The van der Waals surface area contributed by atoms with E-state index in [0.29, 0.717) is 0 Å².